The van der Waals surface area contributed by atoms with Crippen molar-refractivity contribution >= 4 is 109 Å². The molecule has 5 nitrogen and oxygen atoms in total. The zero-order valence-electron chi connectivity index (χ0n) is 58.7. The molecule has 14 aromatic rings. The maximum atomic E-state index is 11.8. The standard InChI is InChI=1S/C34H22.C28H19BO2.C7H5F3O3S/c1-2-11-25(12-3-1)33-28-14-6-8-16-30(28)34(31-17-9-7-15-29(31)33)26-21-20-24-19-18-23-10-4-5-13-27(23)32(24)22-26;30-29(31)28-24-11-5-3-9-22(24)27(23-10-4-6-12-25(23)28)20-16-15-19-14-13-18-7-1-2-8-21(18)26(19)17-20;8-7(9,10)14(11,12)13-6-4-2-1-3-5-6/h1-22H;1-17,30-31H;1-5H/i1D,6D,7D,8D,9D,14D,15D,16D,17D;3D,4D,5D,6D,9D,10D,11D,12D;1D. The average molecular weight is 1070 g/mol. The van der Waals surface area contributed by atoms with Gasteiger partial charge >= 0.3 is 22.7 Å². The van der Waals surface area contributed by atoms with Gasteiger partial charge in [0.1, 0.15) is 5.75 Å². The number of para-hydroxylation sites is 1. The van der Waals surface area contributed by atoms with Crippen LogP contribution in [0.1, 0.15) is 24.7 Å². The quantitative estimate of drug-likeness (QED) is 0.0570. The van der Waals surface area contributed by atoms with E-state index in [-0.39, 0.29) is 90.5 Å². The van der Waals surface area contributed by atoms with Gasteiger partial charge in [0, 0.05) is 0 Å². The molecule has 382 valence electrons. The Kier molecular flexibility index (Phi) is 8.93. The Balaban J connectivity index is 0.000000154. The lowest BCUT2D eigenvalue weighted by Crippen LogP contribution is -2.31. The predicted molar refractivity (Wildman–Crippen MR) is 321 cm³/mol. The summed E-state index contributed by atoms with van der Waals surface area (Å²) in [6.45, 7) is 0. The van der Waals surface area contributed by atoms with Crippen molar-refractivity contribution in [2.75, 3.05) is 0 Å². The highest BCUT2D eigenvalue weighted by Gasteiger charge is 2.48. The van der Waals surface area contributed by atoms with Crippen LogP contribution in [-0.4, -0.2) is 31.1 Å². The second kappa shape index (κ2) is 20.9. The van der Waals surface area contributed by atoms with E-state index < -0.39 is 106 Å². The van der Waals surface area contributed by atoms with Crippen LogP contribution >= 0.6 is 0 Å². The summed E-state index contributed by atoms with van der Waals surface area (Å²) >= 11 is 0. The van der Waals surface area contributed by atoms with Crippen molar-refractivity contribution < 1.29 is 60.5 Å². The third kappa shape index (κ3) is 9.57. The molecule has 14 aromatic carbocycles. The number of hydrogen-bond acceptors (Lipinski definition) is 5. The van der Waals surface area contributed by atoms with Gasteiger partial charge in [-0.15, -0.1) is 0 Å². The Morgan fingerprint density at radius 2 is 0.696 bits per heavy atom. The van der Waals surface area contributed by atoms with Crippen LogP contribution in [0.3, 0.4) is 0 Å². The molecule has 0 aliphatic carbocycles. The summed E-state index contributed by atoms with van der Waals surface area (Å²) in [6, 6.07) is 38.4. The first-order valence-electron chi connectivity index (χ1n) is 33.1. The van der Waals surface area contributed by atoms with Crippen molar-refractivity contribution in [1.29, 1.82) is 0 Å². The summed E-state index contributed by atoms with van der Waals surface area (Å²) in [5, 5.41) is 28.6. The fraction of sp³-hybridized carbons (Fsp3) is 0.0145. The lowest BCUT2D eigenvalue weighted by Gasteiger charge is -2.18. The minimum atomic E-state index is -5.62. The smallest absolute Gasteiger partial charge is 0.423 e. The molecule has 79 heavy (non-hydrogen) atoms. The normalized spacial score (nSPS) is 14.9. The first-order chi connectivity index (χ1) is 45.9. The van der Waals surface area contributed by atoms with Crippen molar-refractivity contribution in [3.63, 3.8) is 0 Å². The molecule has 0 saturated carbocycles. The second-order valence-electron chi connectivity index (χ2n) is 17.9. The van der Waals surface area contributed by atoms with Gasteiger partial charge in [0.2, 0.25) is 0 Å². The summed E-state index contributed by atoms with van der Waals surface area (Å²) < 4.78 is 214. The highest BCUT2D eigenvalue weighted by Crippen LogP contribution is 2.45. The van der Waals surface area contributed by atoms with Gasteiger partial charge in [0.15, 0.2) is 0 Å². The highest BCUT2D eigenvalue weighted by atomic mass is 32.2. The van der Waals surface area contributed by atoms with Crippen molar-refractivity contribution in [3.05, 3.63) is 266 Å². The Morgan fingerprint density at radius 3 is 1.09 bits per heavy atom. The Hall–Kier alpha value is -9.32. The van der Waals surface area contributed by atoms with Gasteiger partial charge in [-0.3, -0.25) is 0 Å². The van der Waals surface area contributed by atoms with Crippen LogP contribution in [0.15, 0.2) is 266 Å². The van der Waals surface area contributed by atoms with Gasteiger partial charge in [0.05, 0.1) is 24.7 Å². The van der Waals surface area contributed by atoms with Crippen LogP contribution in [-0.2, 0) is 10.1 Å². The fourth-order valence-corrected chi connectivity index (χ4v) is 10.3. The maximum Gasteiger partial charge on any atom is 0.534 e. The average Bonchev–Trinajstić information content (AvgIpc) is 0.707. The van der Waals surface area contributed by atoms with Crippen molar-refractivity contribution in [3.8, 4) is 39.1 Å². The molecule has 0 heterocycles. The van der Waals surface area contributed by atoms with Gasteiger partial charge in [-0.1, -0.05) is 242 Å². The first kappa shape index (κ1) is 33.8. The molecule has 0 aliphatic heterocycles. The molecule has 0 spiro atoms. The Morgan fingerprint density at radius 1 is 0.367 bits per heavy atom. The molecule has 14 rings (SSSR count). The lowest BCUT2D eigenvalue weighted by atomic mass is 9.72. The molecular weight excluding hydrogens is 1010 g/mol. The summed E-state index contributed by atoms with van der Waals surface area (Å²) in [7, 11) is -7.90. The molecule has 0 unspecified atom stereocenters. The number of hydrogen-bond donors (Lipinski definition) is 2. The van der Waals surface area contributed by atoms with Crippen LogP contribution in [0.25, 0.3) is 120 Å². The van der Waals surface area contributed by atoms with Crippen molar-refractivity contribution in [2.45, 2.75) is 5.51 Å². The zero-order valence-corrected chi connectivity index (χ0v) is 41.6. The number of rotatable bonds is 6. The Labute approximate surface area is 479 Å². The van der Waals surface area contributed by atoms with Gasteiger partial charge in [-0.05, 0) is 149 Å². The number of halogens is 3. The zero-order chi connectivity index (χ0) is 69.9. The van der Waals surface area contributed by atoms with E-state index in [0.29, 0.717) is 22.3 Å². The molecule has 0 aliphatic rings. The highest BCUT2D eigenvalue weighted by molar-refractivity contribution is 7.88. The van der Waals surface area contributed by atoms with Crippen LogP contribution < -0.4 is 9.65 Å². The lowest BCUT2D eigenvalue weighted by molar-refractivity contribution is -0.0500. The van der Waals surface area contributed by atoms with Gasteiger partial charge in [-0.25, -0.2) is 0 Å². The molecule has 10 heteroatoms. The fourth-order valence-electron chi connectivity index (χ4n) is 9.87. The predicted octanol–water partition coefficient (Wildman–Crippen LogP) is 17.2. The third-order valence-corrected chi connectivity index (χ3v) is 14.3. The topological polar surface area (TPSA) is 83.8 Å². The van der Waals surface area contributed by atoms with Crippen LogP contribution in [0.5, 0.6) is 5.75 Å². The number of benzene rings is 14. The minimum absolute atomic E-state index is 0.0340. The molecule has 0 aromatic heterocycles. The van der Waals surface area contributed by atoms with E-state index >= 15 is 0 Å². The van der Waals surface area contributed by atoms with Crippen molar-refractivity contribution in [2.24, 2.45) is 0 Å². The molecule has 0 bridgehead atoms. The summed E-state index contributed by atoms with van der Waals surface area (Å²) in [5.74, 6) is -0.483. The van der Waals surface area contributed by atoms with Gasteiger partial charge in [-0.2, -0.15) is 21.6 Å². The minimum Gasteiger partial charge on any atom is -0.423 e. The molecule has 2 N–H and O–H groups in total. The van der Waals surface area contributed by atoms with Crippen LogP contribution in [0.2, 0.25) is 0 Å². The van der Waals surface area contributed by atoms with E-state index in [1.54, 1.807) is 30.3 Å². The van der Waals surface area contributed by atoms with Gasteiger partial charge < -0.3 is 14.2 Å². The largest absolute Gasteiger partial charge is 0.534 e. The van der Waals surface area contributed by atoms with Crippen LogP contribution in [0.4, 0.5) is 13.2 Å². The second-order valence-corrected chi connectivity index (χ2v) is 19.4. The SMILES string of the molecule is [2H]c1c([2H])c([2H])c2c(-c3ccc4ccc5ccccc5c4c3)c3c([2H])c([2H])c([2H])c([2H])c3c(B(O)O)c2c1[2H].[2H]c1ccc(-c2c3c([2H])c([2H])c([2H])c([2H])c3c(-c3ccc4ccc5ccccc5c4c3)c3c([2H])c([2H])c([2H])c([2H])c23)cc1.[2H]c1ccc(OS(=O)(=O)C(F)(F)F)cc1. The number of fused-ring (bicyclic) bond motifs is 10. The van der Waals surface area contributed by atoms with Crippen LogP contribution in [0, 0.1) is 0 Å². The molecular formula is C69H46BF3O5S. The van der Waals surface area contributed by atoms with E-state index in [1.165, 1.54) is 0 Å². The van der Waals surface area contributed by atoms with Gasteiger partial charge in [0.25, 0.3) is 0 Å². The molecule has 0 radical (unpaired) electrons. The summed E-state index contributed by atoms with van der Waals surface area (Å²) in [4.78, 5) is 0. The van der Waals surface area contributed by atoms with E-state index in [9.17, 15) is 31.6 Å². The number of alkyl halides is 3. The van der Waals surface area contributed by atoms with E-state index in [1.807, 2.05) is 103 Å². The molecule has 0 saturated heterocycles. The molecule has 0 atom stereocenters. The van der Waals surface area contributed by atoms with E-state index in [4.69, 9.17) is 24.7 Å². The van der Waals surface area contributed by atoms with Crippen molar-refractivity contribution in [1.82, 2.24) is 0 Å². The third-order valence-electron chi connectivity index (χ3n) is 13.3. The maximum absolute atomic E-state index is 11.8. The summed E-state index contributed by atoms with van der Waals surface area (Å²) in [5.41, 5.74) is -3.57. The molecule has 0 amide bonds. The van der Waals surface area contributed by atoms with E-state index in [2.05, 4.69) is 4.18 Å². The monoisotopic (exact) mass is 1070 g/mol. The van der Waals surface area contributed by atoms with E-state index in [0.717, 1.165) is 67.4 Å². The summed E-state index contributed by atoms with van der Waals surface area (Å²) in [6.07, 6.45) is 0. The first-order valence-corrected chi connectivity index (χ1v) is 25.5. The Bertz CT molecular complexity index is 5670. The molecule has 0 fully saturated rings.